The lowest BCUT2D eigenvalue weighted by atomic mass is 10.0. The van der Waals surface area contributed by atoms with E-state index in [1.807, 2.05) is 6.92 Å². The number of fused-ring (bicyclic) bond motifs is 1. The highest BCUT2D eigenvalue weighted by molar-refractivity contribution is 6.47. The Hall–Kier alpha value is -1.39. The van der Waals surface area contributed by atoms with E-state index in [-0.39, 0.29) is 6.61 Å². The molecule has 1 unspecified atom stereocenters. The Kier molecular flexibility index (Phi) is 4.00. The smallest absolute Gasteiger partial charge is 0.162 e. The van der Waals surface area contributed by atoms with Gasteiger partial charge in [0, 0.05) is 7.11 Å². The molecule has 4 N–H and O–H groups in total. The Balaban J connectivity index is 1.86. The van der Waals surface area contributed by atoms with Crippen molar-refractivity contribution in [2.75, 3.05) is 20.4 Å². The van der Waals surface area contributed by atoms with E-state index in [1.165, 1.54) is 13.4 Å². The summed E-state index contributed by atoms with van der Waals surface area (Å²) >= 11 is 0. The number of nitrogens with zero attached hydrogens (tertiary/aromatic N) is 4. The SMILES string of the molecule is CCC1(N)N=CN=C2C1=NCN2[C@@H]1O[C@H](CO)[C@@H](O)[C@H]1OC. The monoisotopic (exact) mass is 311 g/mol. The van der Waals surface area contributed by atoms with Crippen LogP contribution in [0, 0.1) is 0 Å². The lowest BCUT2D eigenvalue weighted by Gasteiger charge is -2.32. The summed E-state index contributed by atoms with van der Waals surface area (Å²) in [6.45, 7) is 1.94. The standard InChI is InChI=1S/C13H21N5O4/c1-3-13(14)10-11(15-5-17-13)18(6-16-10)12-9(21-2)8(20)7(4-19)22-12/h5,7-9,12,19-20H,3-4,6,14H2,1-2H3/t7-,8-,9-,12-,13?/m1/s1. The minimum Gasteiger partial charge on any atom is -0.394 e. The first-order valence-corrected chi connectivity index (χ1v) is 7.25. The van der Waals surface area contributed by atoms with Crippen molar-refractivity contribution < 1.29 is 19.7 Å². The largest absolute Gasteiger partial charge is 0.394 e. The minimum absolute atomic E-state index is 0.289. The average Bonchev–Trinajstić information content (AvgIpc) is 3.09. The second kappa shape index (κ2) is 5.67. The van der Waals surface area contributed by atoms with Crippen molar-refractivity contribution >= 4 is 17.9 Å². The normalized spacial score (nSPS) is 40.7. The van der Waals surface area contributed by atoms with Crippen LogP contribution in [0.25, 0.3) is 0 Å². The van der Waals surface area contributed by atoms with Crippen molar-refractivity contribution in [1.29, 1.82) is 0 Å². The van der Waals surface area contributed by atoms with Gasteiger partial charge in [-0.25, -0.2) is 9.98 Å². The predicted octanol–water partition coefficient (Wildman–Crippen LogP) is -1.70. The van der Waals surface area contributed by atoms with Crippen LogP contribution in [-0.2, 0) is 9.47 Å². The zero-order chi connectivity index (χ0) is 15.9. The van der Waals surface area contributed by atoms with Gasteiger partial charge in [-0.2, -0.15) is 0 Å². The van der Waals surface area contributed by atoms with Crippen molar-refractivity contribution in [2.45, 2.75) is 43.5 Å². The number of aliphatic hydroxyl groups is 2. The van der Waals surface area contributed by atoms with E-state index in [9.17, 15) is 10.2 Å². The number of hydrogen-bond acceptors (Lipinski definition) is 9. The molecule has 0 aromatic carbocycles. The second-order valence-electron chi connectivity index (χ2n) is 5.53. The third kappa shape index (κ3) is 2.17. The van der Waals surface area contributed by atoms with E-state index < -0.39 is 30.2 Å². The summed E-state index contributed by atoms with van der Waals surface area (Å²) in [6, 6.07) is 0. The van der Waals surface area contributed by atoms with Crippen LogP contribution in [0.15, 0.2) is 15.0 Å². The fraction of sp³-hybridized carbons (Fsp3) is 0.769. The fourth-order valence-electron chi connectivity index (χ4n) is 2.97. The first-order chi connectivity index (χ1) is 10.6. The van der Waals surface area contributed by atoms with Gasteiger partial charge in [-0.15, -0.1) is 0 Å². The molecule has 22 heavy (non-hydrogen) atoms. The third-order valence-electron chi connectivity index (χ3n) is 4.35. The Morgan fingerprint density at radius 1 is 1.59 bits per heavy atom. The lowest BCUT2D eigenvalue weighted by Crippen LogP contribution is -2.55. The number of amidine groups is 1. The van der Waals surface area contributed by atoms with Crippen LogP contribution in [0.1, 0.15) is 13.3 Å². The van der Waals surface area contributed by atoms with Gasteiger partial charge in [-0.3, -0.25) is 4.99 Å². The molecule has 1 fully saturated rings. The number of aliphatic hydroxyl groups excluding tert-OH is 2. The molecule has 3 heterocycles. The van der Waals surface area contributed by atoms with Gasteiger partial charge in [-0.05, 0) is 6.42 Å². The zero-order valence-electron chi connectivity index (χ0n) is 12.6. The summed E-state index contributed by atoms with van der Waals surface area (Å²) in [4.78, 5) is 14.7. The van der Waals surface area contributed by atoms with Crippen LogP contribution in [0.2, 0.25) is 0 Å². The van der Waals surface area contributed by atoms with Crippen LogP contribution in [0.5, 0.6) is 0 Å². The fourth-order valence-corrected chi connectivity index (χ4v) is 2.97. The maximum absolute atomic E-state index is 10.2. The van der Waals surface area contributed by atoms with Crippen molar-refractivity contribution in [2.24, 2.45) is 20.7 Å². The number of ether oxygens (including phenoxy) is 2. The van der Waals surface area contributed by atoms with Crippen LogP contribution in [0.3, 0.4) is 0 Å². The van der Waals surface area contributed by atoms with E-state index in [2.05, 4.69) is 15.0 Å². The molecule has 9 heteroatoms. The molecule has 3 aliphatic rings. The molecular formula is C13H21N5O4. The van der Waals surface area contributed by atoms with Gasteiger partial charge in [0.2, 0.25) is 0 Å². The van der Waals surface area contributed by atoms with E-state index in [1.54, 1.807) is 4.90 Å². The molecular weight excluding hydrogens is 290 g/mol. The molecule has 0 aromatic rings. The minimum atomic E-state index is -0.921. The highest BCUT2D eigenvalue weighted by Crippen LogP contribution is 2.30. The summed E-state index contributed by atoms with van der Waals surface area (Å²) in [5.74, 6) is 0.581. The molecule has 0 saturated carbocycles. The van der Waals surface area contributed by atoms with Crippen molar-refractivity contribution in [3.8, 4) is 0 Å². The number of hydrogen-bond donors (Lipinski definition) is 3. The Morgan fingerprint density at radius 2 is 2.36 bits per heavy atom. The lowest BCUT2D eigenvalue weighted by molar-refractivity contribution is -0.0765. The van der Waals surface area contributed by atoms with Gasteiger partial charge in [0.15, 0.2) is 17.7 Å². The van der Waals surface area contributed by atoms with Crippen molar-refractivity contribution in [3.63, 3.8) is 0 Å². The third-order valence-corrected chi connectivity index (χ3v) is 4.35. The Bertz CT molecular complexity index is 537. The summed E-state index contributed by atoms with van der Waals surface area (Å²) in [7, 11) is 1.49. The average molecular weight is 311 g/mol. The van der Waals surface area contributed by atoms with Crippen molar-refractivity contribution in [3.05, 3.63) is 0 Å². The highest BCUT2D eigenvalue weighted by Gasteiger charge is 2.51. The molecule has 0 bridgehead atoms. The van der Waals surface area contributed by atoms with Crippen LogP contribution in [-0.4, -0.2) is 83.6 Å². The molecule has 0 radical (unpaired) electrons. The molecule has 3 aliphatic heterocycles. The van der Waals surface area contributed by atoms with Gasteiger partial charge in [0.25, 0.3) is 0 Å². The van der Waals surface area contributed by atoms with Gasteiger partial charge < -0.3 is 30.3 Å². The second-order valence-corrected chi connectivity index (χ2v) is 5.53. The quantitative estimate of drug-likeness (QED) is 0.568. The highest BCUT2D eigenvalue weighted by atomic mass is 16.6. The molecule has 0 aliphatic carbocycles. The first-order valence-electron chi connectivity index (χ1n) is 7.25. The molecule has 0 spiro atoms. The topological polar surface area (TPSA) is 125 Å². The predicted molar refractivity (Wildman–Crippen MR) is 79.8 cm³/mol. The maximum Gasteiger partial charge on any atom is 0.162 e. The van der Waals surface area contributed by atoms with Crippen LogP contribution < -0.4 is 5.73 Å². The molecule has 122 valence electrons. The van der Waals surface area contributed by atoms with Crippen molar-refractivity contribution in [1.82, 2.24) is 4.90 Å². The van der Waals surface area contributed by atoms with Crippen LogP contribution in [0.4, 0.5) is 0 Å². The van der Waals surface area contributed by atoms with E-state index in [0.29, 0.717) is 24.6 Å². The van der Waals surface area contributed by atoms with Crippen LogP contribution >= 0.6 is 0 Å². The Morgan fingerprint density at radius 3 is 3.00 bits per heavy atom. The molecule has 0 amide bonds. The molecule has 3 rings (SSSR count). The Labute approximate surface area is 128 Å². The summed E-state index contributed by atoms with van der Waals surface area (Å²) in [5, 5.41) is 19.5. The number of aliphatic imine (C=N–C) groups is 3. The molecule has 9 nitrogen and oxygen atoms in total. The van der Waals surface area contributed by atoms with E-state index >= 15 is 0 Å². The van der Waals surface area contributed by atoms with Gasteiger partial charge >= 0.3 is 0 Å². The number of methoxy groups -OCH3 is 1. The zero-order valence-corrected chi connectivity index (χ0v) is 12.6. The summed E-state index contributed by atoms with van der Waals surface area (Å²) in [6.07, 6.45) is -0.809. The van der Waals surface area contributed by atoms with E-state index in [0.717, 1.165) is 0 Å². The van der Waals surface area contributed by atoms with E-state index in [4.69, 9.17) is 15.2 Å². The van der Waals surface area contributed by atoms with Gasteiger partial charge in [0.1, 0.15) is 37.0 Å². The number of nitrogens with two attached hydrogens (primary N) is 1. The van der Waals surface area contributed by atoms with Gasteiger partial charge in [0.05, 0.1) is 6.61 Å². The number of rotatable bonds is 4. The maximum atomic E-state index is 10.2. The first kappa shape index (κ1) is 15.5. The molecule has 0 aromatic heterocycles. The molecule has 1 saturated heterocycles. The summed E-state index contributed by atoms with van der Waals surface area (Å²) < 4.78 is 11.1. The molecule has 5 atom stereocenters. The summed E-state index contributed by atoms with van der Waals surface area (Å²) in [5.41, 5.74) is 5.98. The van der Waals surface area contributed by atoms with Gasteiger partial charge in [-0.1, -0.05) is 6.92 Å².